The maximum atomic E-state index is 4.16. The van der Waals surface area contributed by atoms with Crippen LogP contribution in [0, 0.1) is 0 Å². The quantitative estimate of drug-likeness (QED) is 0.647. The first-order valence-electron chi connectivity index (χ1n) is 4.49. The van der Waals surface area contributed by atoms with Gasteiger partial charge in [-0.3, -0.25) is 12.7 Å². The highest BCUT2D eigenvalue weighted by Crippen LogP contribution is 2.30. The second-order valence-electron chi connectivity index (χ2n) is 3.19. The molecule has 0 spiro atoms. The summed E-state index contributed by atoms with van der Waals surface area (Å²) in [5.74, 6) is 0. The van der Waals surface area contributed by atoms with Gasteiger partial charge in [0, 0.05) is 35.6 Å². The summed E-state index contributed by atoms with van der Waals surface area (Å²) in [6, 6.07) is 4.08. The van der Waals surface area contributed by atoms with E-state index in [0.29, 0.717) is 0 Å². The van der Waals surface area contributed by atoms with Crippen LogP contribution in [-0.2, 0) is 0 Å². The number of nitrogens with zero attached hydrogens (tertiary/aromatic N) is 3. The van der Waals surface area contributed by atoms with Gasteiger partial charge in [0.1, 0.15) is 0 Å². The monoisotopic (exact) mass is 309 g/mol. The van der Waals surface area contributed by atoms with Crippen molar-refractivity contribution in [1.29, 1.82) is 0 Å². The third kappa shape index (κ3) is 1.21. The van der Waals surface area contributed by atoms with Crippen LogP contribution in [0.15, 0.2) is 36.9 Å². The highest BCUT2D eigenvalue weighted by atomic mass is 127. The Morgan fingerprint density at radius 3 is 2.00 bits per heavy atom. The molecule has 0 saturated heterocycles. The molecule has 0 N–H and O–H groups in total. The van der Waals surface area contributed by atoms with E-state index in [1.54, 1.807) is 0 Å². The van der Waals surface area contributed by atoms with Gasteiger partial charge in [-0.2, -0.15) is 0 Å². The van der Waals surface area contributed by atoms with Crippen molar-refractivity contribution in [3.63, 3.8) is 0 Å². The lowest BCUT2D eigenvalue weighted by molar-refractivity contribution is 1.35. The Morgan fingerprint density at radius 2 is 1.53 bits per heavy atom. The second-order valence-corrected chi connectivity index (χ2v) is 4.83. The Labute approximate surface area is 96.9 Å². The molecule has 0 aliphatic rings. The minimum Gasteiger partial charge on any atom is -0.287 e. The lowest BCUT2D eigenvalue weighted by Gasteiger charge is -1.95. The zero-order valence-electron chi connectivity index (χ0n) is 7.89. The number of hydrogen-bond donors (Lipinski definition) is 0. The first-order chi connectivity index (χ1) is 7.42. The summed E-state index contributed by atoms with van der Waals surface area (Å²) in [6.45, 7) is 0. The number of rotatable bonds is 1. The fraction of sp³-hybridized carbons (Fsp3) is 0. The van der Waals surface area contributed by atoms with Gasteiger partial charge in [0.15, 0.2) is 0 Å². The van der Waals surface area contributed by atoms with E-state index in [4.69, 9.17) is 0 Å². The van der Waals surface area contributed by atoms with E-state index < -0.39 is 0 Å². The highest BCUT2D eigenvalue weighted by molar-refractivity contribution is 14.2. The van der Waals surface area contributed by atoms with E-state index in [1.165, 1.54) is 21.8 Å². The molecule has 15 heavy (non-hydrogen) atoms. The van der Waals surface area contributed by atoms with Crippen LogP contribution in [0.2, 0.25) is 0 Å². The van der Waals surface area contributed by atoms with Gasteiger partial charge in [-0.25, -0.2) is 0 Å². The van der Waals surface area contributed by atoms with Crippen LogP contribution < -0.4 is 0 Å². The van der Waals surface area contributed by atoms with Crippen molar-refractivity contribution in [3.05, 3.63) is 36.9 Å². The molecule has 0 aliphatic carbocycles. The Morgan fingerprint density at radius 1 is 1.00 bits per heavy atom. The molecule has 0 amide bonds. The van der Waals surface area contributed by atoms with Gasteiger partial charge in [0.2, 0.25) is 0 Å². The number of pyridine rings is 2. The Hall–Kier alpha value is -1.30. The molecule has 0 aromatic carbocycles. The van der Waals surface area contributed by atoms with Crippen molar-refractivity contribution in [2.75, 3.05) is 0 Å². The summed E-state index contributed by atoms with van der Waals surface area (Å²) in [7, 11) is 0. The van der Waals surface area contributed by atoms with Crippen LogP contribution in [0.25, 0.3) is 21.8 Å². The van der Waals surface area contributed by atoms with Crippen molar-refractivity contribution in [3.8, 4) is 0 Å². The van der Waals surface area contributed by atoms with Crippen LogP contribution in [0.4, 0.5) is 0 Å². The van der Waals surface area contributed by atoms with Crippen molar-refractivity contribution >= 4 is 47.3 Å². The predicted octanol–water partition coefficient (Wildman–Crippen LogP) is 2.75. The molecule has 0 saturated carbocycles. The lowest BCUT2D eigenvalue weighted by atomic mass is 10.2. The molecule has 0 radical (unpaired) electrons. The predicted molar refractivity (Wildman–Crippen MR) is 71.6 cm³/mol. The largest absolute Gasteiger partial charge is 0.287 e. The average molecular weight is 309 g/mol. The van der Waals surface area contributed by atoms with Crippen molar-refractivity contribution in [2.24, 2.45) is 0 Å². The van der Waals surface area contributed by atoms with E-state index in [-0.39, 0.29) is 21.0 Å². The number of halogens is 1. The molecule has 0 fully saturated rings. The number of hydrogen-bond acceptors (Lipinski definition) is 2. The summed E-state index contributed by atoms with van der Waals surface area (Å²) in [6.07, 6.45) is 7.44. The SMILES string of the molecule is C=In1c2ccncc2c2cnccc21. The van der Waals surface area contributed by atoms with Gasteiger partial charge in [0.25, 0.3) is 0 Å². The molecule has 3 aromatic heterocycles. The fourth-order valence-electron chi connectivity index (χ4n) is 1.79. The maximum Gasteiger partial charge on any atom is 0.0617 e. The van der Waals surface area contributed by atoms with Crippen LogP contribution in [0.5, 0.6) is 0 Å². The Balaban J connectivity index is 2.68. The smallest absolute Gasteiger partial charge is 0.0617 e. The van der Waals surface area contributed by atoms with Gasteiger partial charge < -0.3 is 0 Å². The zero-order valence-corrected chi connectivity index (χ0v) is 10.0. The third-order valence-electron chi connectivity index (χ3n) is 2.43. The first kappa shape index (κ1) is 8.96. The molecule has 3 aromatic rings. The molecule has 0 unspecified atom stereocenters. The molecule has 3 nitrogen and oxygen atoms in total. The fourth-order valence-corrected chi connectivity index (χ4v) is 3.37. The summed E-state index contributed by atoms with van der Waals surface area (Å²) < 4.78 is 6.35. The van der Waals surface area contributed by atoms with Gasteiger partial charge in [-0.15, -0.1) is 0 Å². The topological polar surface area (TPSA) is 30.7 Å². The summed E-state index contributed by atoms with van der Waals surface area (Å²) >= 11 is -0.246. The first-order valence-corrected chi connectivity index (χ1v) is 6.98. The third-order valence-corrected chi connectivity index (χ3v) is 4.15. The van der Waals surface area contributed by atoms with Crippen LogP contribution >= 0.6 is 21.0 Å². The summed E-state index contributed by atoms with van der Waals surface area (Å²) in [5, 5.41) is 2.34. The minimum absolute atomic E-state index is 0.246. The van der Waals surface area contributed by atoms with Crippen molar-refractivity contribution in [1.82, 2.24) is 12.7 Å². The van der Waals surface area contributed by atoms with Crippen LogP contribution in [0.1, 0.15) is 0 Å². The van der Waals surface area contributed by atoms with E-state index >= 15 is 0 Å². The number of aromatic nitrogens is 3. The van der Waals surface area contributed by atoms with E-state index in [2.05, 4.69) is 17.3 Å². The molecule has 0 aliphatic heterocycles. The summed E-state index contributed by atoms with van der Waals surface area (Å²) in [5.41, 5.74) is 2.44. The summed E-state index contributed by atoms with van der Waals surface area (Å²) in [4.78, 5) is 8.32. The standard InChI is InChI=1S/C11H8IN3/c1-12-15-10-2-4-13-6-8(10)9-7-14-5-3-11(9)15/h2-7H,1H2. The van der Waals surface area contributed by atoms with Gasteiger partial charge in [-0.05, 0) is 37.7 Å². The normalized spacial score (nSPS) is 11.2. The average Bonchev–Trinajstić information content (AvgIpc) is 2.63. The zero-order chi connectivity index (χ0) is 10.3. The highest BCUT2D eigenvalue weighted by Gasteiger charge is 2.07. The van der Waals surface area contributed by atoms with E-state index in [0.717, 1.165) is 0 Å². The van der Waals surface area contributed by atoms with Gasteiger partial charge in [0.05, 0.1) is 11.0 Å². The van der Waals surface area contributed by atoms with Crippen molar-refractivity contribution < 1.29 is 0 Å². The molecular formula is C11H8IN3. The molecule has 0 atom stereocenters. The maximum absolute atomic E-state index is 4.16. The van der Waals surface area contributed by atoms with E-state index in [1.807, 2.05) is 36.9 Å². The molecule has 3 heterocycles. The van der Waals surface area contributed by atoms with E-state index in [9.17, 15) is 0 Å². The van der Waals surface area contributed by atoms with Gasteiger partial charge in [-0.1, -0.05) is 0 Å². The Bertz CT molecular complexity index is 604. The number of fused-ring (bicyclic) bond motifs is 3. The molecule has 0 bridgehead atoms. The van der Waals surface area contributed by atoms with Crippen LogP contribution in [-0.4, -0.2) is 17.3 Å². The molecule has 74 valence electrons. The van der Waals surface area contributed by atoms with Gasteiger partial charge >= 0.3 is 0 Å². The molecule has 4 heteroatoms. The lowest BCUT2D eigenvalue weighted by Crippen LogP contribution is -1.79. The Kier molecular flexibility index (Phi) is 2.02. The second kappa shape index (κ2) is 3.37. The molecular weight excluding hydrogens is 301 g/mol. The van der Waals surface area contributed by atoms with Crippen molar-refractivity contribution in [2.45, 2.75) is 0 Å². The minimum atomic E-state index is -0.246. The molecule has 3 rings (SSSR count). The van der Waals surface area contributed by atoms with Crippen LogP contribution in [0.3, 0.4) is 0 Å².